The van der Waals surface area contributed by atoms with Gasteiger partial charge in [-0.1, -0.05) is 18.2 Å². The molecule has 3 aromatic rings. The van der Waals surface area contributed by atoms with Gasteiger partial charge in [0.1, 0.15) is 6.33 Å². The Hall–Kier alpha value is -2.96. The van der Waals surface area contributed by atoms with E-state index in [-0.39, 0.29) is 5.91 Å². The van der Waals surface area contributed by atoms with Crippen LogP contribution in [0.25, 0.3) is 5.65 Å². The average molecular weight is 322 g/mol. The summed E-state index contributed by atoms with van der Waals surface area (Å²) in [5, 5.41) is 12.5. The standard InChI is InChI=1S/C17H18N6O/c1-13-11-15(16-19-18-12-23(16)20-13)21-7-9-22(10-8-21)17(24)14-5-3-2-4-6-14/h2-6,11-12H,7-10H2,1H3. The Kier molecular flexibility index (Phi) is 3.60. The van der Waals surface area contributed by atoms with Gasteiger partial charge in [0.25, 0.3) is 5.91 Å². The highest BCUT2D eigenvalue weighted by atomic mass is 16.2. The van der Waals surface area contributed by atoms with Crippen LogP contribution >= 0.6 is 0 Å². The van der Waals surface area contributed by atoms with Gasteiger partial charge < -0.3 is 9.80 Å². The highest BCUT2D eigenvalue weighted by Gasteiger charge is 2.24. The molecule has 0 spiro atoms. The largest absolute Gasteiger partial charge is 0.365 e. The molecule has 4 rings (SSSR count). The van der Waals surface area contributed by atoms with E-state index >= 15 is 0 Å². The number of carbonyl (C=O) groups is 1. The van der Waals surface area contributed by atoms with Crippen LogP contribution < -0.4 is 4.90 Å². The van der Waals surface area contributed by atoms with Crippen LogP contribution in [0.15, 0.2) is 42.7 Å². The lowest BCUT2D eigenvalue weighted by Gasteiger charge is -2.36. The maximum atomic E-state index is 12.5. The third-order valence-corrected chi connectivity index (χ3v) is 4.30. The van der Waals surface area contributed by atoms with Crippen molar-refractivity contribution in [1.29, 1.82) is 0 Å². The zero-order chi connectivity index (χ0) is 16.5. The molecule has 24 heavy (non-hydrogen) atoms. The molecule has 0 aliphatic carbocycles. The second-order valence-corrected chi connectivity index (χ2v) is 5.92. The summed E-state index contributed by atoms with van der Waals surface area (Å²) in [6.07, 6.45) is 1.61. The van der Waals surface area contributed by atoms with Crippen molar-refractivity contribution >= 4 is 17.2 Å². The molecule has 1 saturated heterocycles. The summed E-state index contributed by atoms with van der Waals surface area (Å²) < 4.78 is 1.70. The van der Waals surface area contributed by atoms with Gasteiger partial charge in [0.05, 0.1) is 11.4 Å². The molecule has 0 radical (unpaired) electrons. The van der Waals surface area contributed by atoms with Gasteiger partial charge in [-0.05, 0) is 25.1 Å². The van der Waals surface area contributed by atoms with Gasteiger partial charge in [-0.3, -0.25) is 4.79 Å². The molecular formula is C17H18N6O. The number of carbonyl (C=O) groups excluding carboxylic acids is 1. The van der Waals surface area contributed by atoms with Crippen molar-refractivity contribution in [2.75, 3.05) is 31.1 Å². The Morgan fingerprint density at radius 3 is 2.58 bits per heavy atom. The van der Waals surface area contributed by atoms with E-state index < -0.39 is 0 Å². The molecule has 0 atom stereocenters. The quantitative estimate of drug-likeness (QED) is 0.713. The first-order valence-corrected chi connectivity index (χ1v) is 7.99. The molecule has 2 aromatic heterocycles. The molecule has 122 valence electrons. The second-order valence-electron chi connectivity index (χ2n) is 5.92. The minimum atomic E-state index is 0.0915. The minimum absolute atomic E-state index is 0.0915. The third-order valence-electron chi connectivity index (χ3n) is 4.30. The molecule has 1 fully saturated rings. The van der Waals surface area contributed by atoms with Gasteiger partial charge in [-0.15, -0.1) is 10.2 Å². The smallest absolute Gasteiger partial charge is 0.253 e. The number of benzene rings is 1. The molecule has 1 aliphatic heterocycles. The van der Waals surface area contributed by atoms with Gasteiger partial charge >= 0.3 is 0 Å². The average Bonchev–Trinajstić information content (AvgIpc) is 3.09. The van der Waals surface area contributed by atoms with E-state index in [9.17, 15) is 4.79 Å². The van der Waals surface area contributed by atoms with Crippen LogP contribution in [0.2, 0.25) is 0 Å². The molecule has 7 nitrogen and oxygen atoms in total. The summed E-state index contributed by atoms with van der Waals surface area (Å²) in [5.41, 5.74) is 3.43. The fourth-order valence-electron chi connectivity index (χ4n) is 3.08. The van der Waals surface area contributed by atoms with Crippen LogP contribution in [0.5, 0.6) is 0 Å². The maximum absolute atomic E-state index is 12.5. The number of fused-ring (bicyclic) bond motifs is 1. The molecule has 7 heteroatoms. The summed E-state index contributed by atoms with van der Waals surface area (Å²) in [4.78, 5) is 16.7. The molecule has 1 amide bonds. The van der Waals surface area contributed by atoms with Crippen molar-refractivity contribution in [2.45, 2.75) is 6.92 Å². The Morgan fingerprint density at radius 1 is 1.08 bits per heavy atom. The first-order chi connectivity index (χ1) is 11.7. The van der Waals surface area contributed by atoms with Crippen LogP contribution in [0, 0.1) is 6.92 Å². The Morgan fingerprint density at radius 2 is 1.83 bits per heavy atom. The summed E-state index contributed by atoms with van der Waals surface area (Å²) in [6.45, 7) is 4.87. The van der Waals surface area contributed by atoms with Crippen molar-refractivity contribution in [3.63, 3.8) is 0 Å². The van der Waals surface area contributed by atoms with Crippen molar-refractivity contribution in [3.8, 4) is 0 Å². The first kappa shape index (κ1) is 14.6. The Labute approximate surface area is 139 Å². The van der Waals surface area contributed by atoms with Crippen molar-refractivity contribution in [3.05, 3.63) is 54.0 Å². The molecule has 1 aliphatic rings. The lowest BCUT2D eigenvalue weighted by molar-refractivity contribution is 0.0747. The SMILES string of the molecule is Cc1cc(N2CCN(C(=O)c3ccccc3)CC2)c2nncn2n1. The van der Waals surface area contributed by atoms with Gasteiger partial charge in [0.2, 0.25) is 5.65 Å². The lowest BCUT2D eigenvalue weighted by atomic mass is 10.2. The van der Waals surface area contributed by atoms with Gasteiger partial charge in [0.15, 0.2) is 0 Å². The van der Waals surface area contributed by atoms with E-state index in [2.05, 4.69) is 20.2 Å². The lowest BCUT2D eigenvalue weighted by Crippen LogP contribution is -2.49. The van der Waals surface area contributed by atoms with E-state index in [1.165, 1.54) is 0 Å². The monoisotopic (exact) mass is 322 g/mol. The molecule has 0 bridgehead atoms. The van der Waals surface area contributed by atoms with E-state index in [4.69, 9.17) is 0 Å². The number of aryl methyl sites for hydroxylation is 1. The summed E-state index contributed by atoms with van der Waals surface area (Å²) in [6, 6.07) is 11.5. The van der Waals surface area contributed by atoms with E-state index in [0.717, 1.165) is 35.7 Å². The number of aromatic nitrogens is 4. The summed E-state index contributed by atoms with van der Waals surface area (Å²) in [7, 11) is 0. The van der Waals surface area contributed by atoms with Crippen LogP contribution in [-0.4, -0.2) is 56.8 Å². The fraction of sp³-hybridized carbons (Fsp3) is 0.294. The topological polar surface area (TPSA) is 66.6 Å². The fourth-order valence-corrected chi connectivity index (χ4v) is 3.08. The first-order valence-electron chi connectivity index (χ1n) is 7.99. The van der Waals surface area contributed by atoms with Crippen LogP contribution in [0.4, 0.5) is 5.69 Å². The zero-order valence-electron chi connectivity index (χ0n) is 13.5. The molecule has 3 heterocycles. The Bertz CT molecular complexity index is 867. The number of rotatable bonds is 2. The number of hydrogen-bond donors (Lipinski definition) is 0. The minimum Gasteiger partial charge on any atom is -0.365 e. The van der Waals surface area contributed by atoms with Gasteiger partial charge in [0, 0.05) is 31.7 Å². The number of amides is 1. The molecule has 0 unspecified atom stereocenters. The predicted octanol–water partition coefficient (Wildman–Crippen LogP) is 1.40. The van der Waals surface area contributed by atoms with E-state index in [1.54, 1.807) is 10.8 Å². The maximum Gasteiger partial charge on any atom is 0.253 e. The number of piperazine rings is 1. The molecule has 0 N–H and O–H groups in total. The van der Waals surface area contributed by atoms with E-state index in [0.29, 0.717) is 13.1 Å². The van der Waals surface area contributed by atoms with Crippen LogP contribution in [0.1, 0.15) is 16.1 Å². The number of hydrogen-bond acceptors (Lipinski definition) is 5. The highest BCUT2D eigenvalue weighted by Crippen LogP contribution is 2.22. The van der Waals surface area contributed by atoms with Gasteiger partial charge in [-0.25, -0.2) is 0 Å². The highest BCUT2D eigenvalue weighted by molar-refractivity contribution is 5.94. The van der Waals surface area contributed by atoms with Gasteiger partial charge in [-0.2, -0.15) is 9.61 Å². The third kappa shape index (κ3) is 2.58. The number of anilines is 1. The second kappa shape index (κ2) is 5.92. The van der Waals surface area contributed by atoms with Crippen LogP contribution in [-0.2, 0) is 0 Å². The van der Waals surface area contributed by atoms with Crippen molar-refractivity contribution in [1.82, 2.24) is 24.7 Å². The molecule has 1 aromatic carbocycles. The molecular weight excluding hydrogens is 304 g/mol. The number of nitrogens with zero attached hydrogens (tertiary/aromatic N) is 6. The van der Waals surface area contributed by atoms with Crippen molar-refractivity contribution in [2.24, 2.45) is 0 Å². The van der Waals surface area contributed by atoms with Crippen LogP contribution in [0.3, 0.4) is 0 Å². The Balaban J connectivity index is 1.52. The summed E-state index contributed by atoms with van der Waals surface area (Å²) in [5.74, 6) is 0.0915. The van der Waals surface area contributed by atoms with Crippen molar-refractivity contribution < 1.29 is 4.79 Å². The summed E-state index contributed by atoms with van der Waals surface area (Å²) >= 11 is 0. The van der Waals surface area contributed by atoms with E-state index in [1.807, 2.05) is 48.2 Å². The predicted molar refractivity (Wildman–Crippen MR) is 90.1 cm³/mol. The normalized spacial score (nSPS) is 15.0. The zero-order valence-corrected chi connectivity index (χ0v) is 13.5. The molecule has 0 saturated carbocycles.